The van der Waals surface area contributed by atoms with Gasteiger partial charge in [0, 0.05) is 74.0 Å². The number of carbonyl (C=O) groups excluding carboxylic acids is 3. The van der Waals surface area contributed by atoms with Gasteiger partial charge in [0.1, 0.15) is 16.8 Å². The summed E-state index contributed by atoms with van der Waals surface area (Å²) >= 11 is 0. The molecule has 2 N–H and O–H groups in total. The number of rotatable bonds is 6. The van der Waals surface area contributed by atoms with Crippen LogP contribution in [0.5, 0.6) is 0 Å². The second-order valence-electron chi connectivity index (χ2n) is 15.3. The molecule has 14 heteroatoms. The molecule has 2 bridgehead atoms. The van der Waals surface area contributed by atoms with E-state index in [0.29, 0.717) is 23.5 Å². The Morgan fingerprint density at radius 3 is 2.53 bits per heavy atom. The summed E-state index contributed by atoms with van der Waals surface area (Å²) in [4.78, 5) is 67.0. The van der Waals surface area contributed by atoms with Crippen LogP contribution < -0.4 is 21.2 Å². The zero-order chi connectivity index (χ0) is 40.4. The Morgan fingerprint density at radius 2 is 1.73 bits per heavy atom. The van der Waals surface area contributed by atoms with E-state index in [4.69, 9.17) is 19.1 Å². The normalized spacial score (nSPS) is 18.9. The maximum absolute atomic E-state index is 13.1. The van der Waals surface area contributed by atoms with Gasteiger partial charge < -0.3 is 19.4 Å². The molecule has 3 unspecified atom stereocenters. The lowest BCUT2D eigenvalue weighted by Crippen LogP contribution is -2.43. The lowest BCUT2D eigenvalue weighted by Gasteiger charge is -2.33. The van der Waals surface area contributed by atoms with Crippen molar-refractivity contribution in [2.45, 2.75) is 43.8 Å². The topological polar surface area (TPSA) is 166 Å². The monoisotopic (exact) mass is 786 g/mol. The van der Waals surface area contributed by atoms with Gasteiger partial charge in [0.05, 0.1) is 41.6 Å². The fourth-order valence-corrected chi connectivity index (χ4v) is 8.68. The van der Waals surface area contributed by atoms with Gasteiger partial charge in [-0.1, -0.05) is 36.3 Å². The van der Waals surface area contributed by atoms with Crippen LogP contribution >= 0.6 is 0 Å². The third-order valence-corrected chi connectivity index (χ3v) is 11.7. The quantitative estimate of drug-likeness (QED) is 0.174. The molecule has 3 amide bonds. The number of benzene rings is 2. The highest BCUT2D eigenvalue weighted by atomic mass is 16.5. The number of imidazole rings is 1. The van der Waals surface area contributed by atoms with E-state index in [0.717, 1.165) is 81.3 Å². The fourth-order valence-electron chi connectivity index (χ4n) is 8.68. The molecule has 294 valence electrons. The highest BCUT2D eigenvalue weighted by molar-refractivity contribution is 6.03. The molecule has 10 rings (SSSR count). The number of morpholine rings is 1. The third-order valence-electron chi connectivity index (χ3n) is 11.7. The zero-order valence-corrected chi connectivity index (χ0v) is 32.3. The van der Waals surface area contributed by atoms with E-state index in [1.165, 1.54) is 0 Å². The van der Waals surface area contributed by atoms with Crippen LogP contribution in [0, 0.1) is 11.8 Å². The van der Waals surface area contributed by atoms with Crippen molar-refractivity contribution in [1.82, 2.24) is 34.7 Å². The van der Waals surface area contributed by atoms with Crippen LogP contribution in [0.1, 0.15) is 53.4 Å². The number of aromatic nitrogens is 5. The van der Waals surface area contributed by atoms with Crippen LogP contribution in [0.3, 0.4) is 0 Å². The molecule has 3 aliphatic heterocycles. The summed E-state index contributed by atoms with van der Waals surface area (Å²) < 4.78 is 15.4. The van der Waals surface area contributed by atoms with Gasteiger partial charge in [0.15, 0.2) is 11.6 Å². The number of nitrogens with zero attached hydrogens (tertiary/aromatic N) is 6. The van der Waals surface area contributed by atoms with E-state index in [1.807, 2.05) is 54.7 Å². The number of amides is 3. The number of pyridine rings is 3. The summed E-state index contributed by atoms with van der Waals surface area (Å²) in [6, 6.07) is 20.8. The van der Waals surface area contributed by atoms with Crippen LogP contribution in [0.2, 0.25) is 0 Å². The number of anilines is 1. The first-order valence-electron chi connectivity index (χ1n) is 19.6. The van der Waals surface area contributed by atoms with Crippen molar-refractivity contribution in [3.63, 3.8) is 0 Å². The molecule has 3 atom stereocenters. The molecule has 59 heavy (non-hydrogen) atoms. The second kappa shape index (κ2) is 14.4. The minimum atomic E-state index is -0.444. The number of furan rings is 1. The Morgan fingerprint density at radius 1 is 0.898 bits per heavy atom. The Bertz CT molecular complexity index is 3000. The van der Waals surface area contributed by atoms with Gasteiger partial charge in [-0.25, -0.2) is 9.78 Å². The molecule has 14 nitrogen and oxygen atoms in total. The van der Waals surface area contributed by atoms with Gasteiger partial charge in [-0.15, -0.1) is 0 Å². The molecule has 0 saturated carbocycles. The van der Waals surface area contributed by atoms with Crippen LogP contribution in [0.15, 0.2) is 88.3 Å². The first kappa shape index (κ1) is 36.2. The third kappa shape index (κ3) is 6.49. The van der Waals surface area contributed by atoms with Crippen molar-refractivity contribution in [1.29, 1.82) is 0 Å². The predicted octanol–water partition coefficient (Wildman–Crippen LogP) is 4.96. The predicted molar refractivity (Wildman–Crippen MR) is 221 cm³/mol. The summed E-state index contributed by atoms with van der Waals surface area (Å²) in [5.41, 5.74) is 6.24. The van der Waals surface area contributed by atoms with E-state index in [2.05, 4.69) is 32.4 Å². The highest BCUT2D eigenvalue weighted by Crippen LogP contribution is 2.37. The van der Waals surface area contributed by atoms with Crippen LogP contribution in [0.25, 0.3) is 55.3 Å². The van der Waals surface area contributed by atoms with Crippen LogP contribution in [-0.2, 0) is 28.4 Å². The molecule has 7 aromatic rings. The maximum Gasteiger partial charge on any atom is 0.328 e. The largest absolute Gasteiger partial charge is 0.448 e. The SMILES string of the molecule is Cn1c(=O)n(C)c2c(N3CC4CCC(C3)O4)nc(-c3cccc4cc(-c5ccc(C(=O)NCC#Cc6cc7c(C8CCC(=O)NC8=O)cccc7o6)nc5)ncc34)cc21. The fraction of sp³-hybridized carbons (Fsp3) is 0.267. The summed E-state index contributed by atoms with van der Waals surface area (Å²) in [5.74, 6) is 5.65. The number of ether oxygens (including phenoxy) is 1. The Labute approximate surface area is 337 Å². The van der Waals surface area contributed by atoms with E-state index >= 15 is 0 Å². The van der Waals surface area contributed by atoms with Crippen molar-refractivity contribution < 1.29 is 23.5 Å². The number of fused-ring (bicyclic) bond motifs is 5. The summed E-state index contributed by atoms with van der Waals surface area (Å²) in [6.07, 6.45) is 6.56. The molecule has 0 spiro atoms. The van der Waals surface area contributed by atoms with E-state index in [-0.39, 0.29) is 54.3 Å². The minimum Gasteiger partial charge on any atom is -0.448 e. The number of carbonyl (C=O) groups is 3. The molecule has 5 aromatic heterocycles. The van der Waals surface area contributed by atoms with E-state index < -0.39 is 5.92 Å². The number of hydrogen-bond acceptors (Lipinski definition) is 10. The Kier molecular flexibility index (Phi) is 8.83. The molecular formula is C45H38N8O6. The lowest BCUT2D eigenvalue weighted by atomic mass is 9.88. The van der Waals surface area contributed by atoms with Gasteiger partial charge in [-0.2, -0.15) is 0 Å². The van der Waals surface area contributed by atoms with Gasteiger partial charge in [-0.05, 0) is 66.5 Å². The average Bonchev–Trinajstić information content (AvgIpc) is 3.90. The Hall–Kier alpha value is -7.11. The van der Waals surface area contributed by atoms with Crippen molar-refractivity contribution in [3.05, 3.63) is 107 Å². The smallest absolute Gasteiger partial charge is 0.328 e. The van der Waals surface area contributed by atoms with Crippen molar-refractivity contribution in [2.75, 3.05) is 24.5 Å². The number of aryl methyl sites for hydroxylation is 2. The van der Waals surface area contributed by atoms with Gasteiger partial charge in [0.25, 0.3) is 5.91 Å². The Balaban J connectivity index is 0.853. The zero-order valence-electron chi connectivity index (χ0n) is 32.3. The van der Waals surface area contributed by atoms with Gasteiger partial charge >= 0.3 is 5.69 Å². The van der Waals surface area contributed by atoms with Gasteiger partial charge in [-0.3, -0.25) is 38.8 Å². The standard InChI is InChI=1S/C45H38N8O6/c1-51-38-20-37(49-42(41(38)52(2)45(51)57)53-23-28-12-13-29(24-53)58-28)31-9-3-6-25-18-36(48-22-34(25)31)26-11-15-35(47-21-26)44(56)46-17-5-7-27-19-33-30(8-4-10-39(33)59-27)32-14-16-40(54)50-43(32)55/h3-4,6,8-11,15,18-22,28-29,32H,12-14,16-17,23-24H2,1-2H3,(H,46,56)(H,50,54,55). The molecule has 3 fully saturated rings. The molecule has 0 aliphatic carbocycles. The summed E-state index contributed by atoms with van der Waals surface area (Å²) in [7, 11) is 3.59. The van der Waals surface area contributed by atoms with Crippen LogP contribution in [0.4, 0.5) is 5.82 Å². The van der Waals surface area contributed by atoms with Crippen molar-refractivity contribution in [2.24, 2.45) is 14.1 Å². The molecule has 3 aliphatic rings. The molecular weight excluding hydrogens is 749 g/mol. The summed E-state index contributed by atoms with van der Waals surface area (Å²) in [6.45, 7) is 1.52. The van der Waals surface area contributed by atoms with Crippen molar-refractivity contribution in [3.8, 4) is 34.4 Å². The van der Waals surface area contributed by atoms with Crippen LogP contribution in [-0.4, -0.2) is 73.6 Å². The second-order valence-corrected chi connectivity index (χ2v) is 15.3. The van der Waals surface area contributed by atoms with E-state index in [9.17, 15) is 19.2 Å². The first-order valence-corrected chi connectivity index (χ1v) is 19.6. The number of nitrogens with one attached hydrogen (secondary N) is 2. The van der Waals surface area contributed by atoms with E-state index in [1.54, 1.807) is 47.6 Å². The number of hydrogen-bond donors (Lipinski definition) is 2. The first-order chi connectivity index (χ1) is 28.7. The minimum absolute atomic E-state index is 0.0607. The molecule has 8 heterocycles. The summed E-state index contributed by atoms with van der Waals surface area (Å²) in [5, 5.41) is 7.83. The molecule has 0 radical (unpaired) electrons. The van der Waals surface area contributed by atoms with Crippen molar-refractivity contribution >= 4 is 56.3 Å². The highest BCUT2D eigenvalue weighted by Gasteiger charge is 2.36. The average molecular weight is 787 g/mol. The lowest BCUT2D eigenvalue weighted by molar-refractivity contribution is -0.134. The maximum atomic E-state index is 13.1. The number of imide groups is 1. The molecule has 2 aromatic carbocycles. The molecule has 3 saturated heterocycles. The van der Waals surface area contributed by atoms with Gasteiger partial charge in [0.2, 0.25) is 11.8 Å². The number of piperidine rings is 1.